The highest BCUT2D eigenvalue weighted by Crippen LogP contribution is 2.33. The molecule has 1 aliphatic rings. The number of carbonyl (C=O) groups excluding carboxylic acids is 1. The summed E-state index contributed by atoms with van der Waals surface area (Å²) in [6.07, 6.45) is -1.74. The number of aromatic hydroxyl groups is 1. The zero-order valence-electron chi connectivity index (χ0n) is 19.0. The molecule has 1 aliphatic heterocycles. The maximum atomic E-state index is 13.7. The Hall–Kier alpha value is -3.57. The first-order valence-electron chi connectivity index (χ1n) is 11.2. The van der Waals surface area contributed by atoms with Gasteiger partial charge in [0.15, 0.2) is 5.69 Å². The number of hydrogen-bond acceptors (Lipinski definition) is 7. The molecule has 0 spiro atoms. The van der Waals surface area contributed by atoms with Gasteiger partial charge in [-0.15, -0.1) is 0 Å². The molecule has 0 radical (unpaired) electrons. The van der Waals surface area contributed by atoms with Gasteiger partial charge in [0.1, 0.15) is 18.1 Å². The van der Waals surface area contributed by atoms with E-state index in [1.807, 2.05) is 0 Å². The van der Waals surface area contributed by atoms with Gasteiger partial charge in [-0.2, -0.15) is 13.2 Å². The Bertz CT molecular complexity index is 1220. The summed E-state index contributed by atoms with van der Waals surface area (Å²) in [6.45, 7) is 3.54. The predicted molar refractivity (Wildman–Crippen MR) is 129 cm³/mol. The number of likely N-dealkylation sites (tertiary alicyclic amines) is 1. The molecule has 190 valence electrons. The van der Waals surface area contributed by atoms with E-state index < -0.39 is 23.3 Å². The van der Waals surface area contributed by atoms with E-state index in [0.29, 0.717) is 18.0 Å². The molecule has 1 saturated heterocycles. The fourth-order valence-electron chi connectivity index (χ4n) is 3.69. The third-order valence-corrected chi connectivity index (χ3v) is 5.82. The van der Waals surface area contributed by atoms with Crippen molar-refractivity contribution >= 4 is 34.8 Å². The van der Waals surface area contributed by atoms with Gasteiger partial charge in [-0.1, -0.05) is 11.6 Å². The summed E-state index contributed by atoms with van der Waals surface area (Å²) in [5.74, 6) is -1.05. The molecule has 2 heterocycles. The maximum Gasteiger partial charge on any atom is 0.434 e. The Kier molecular flexibility index (Phi) is 7.80. The molecule has 1 aromatic heterocycles. The summed E-state index contributed by atoms with van der Waals surface area (Å²) < 4.78 is 46.9. The van der Waals surface area contributed by atoms with Crippen LogP contribution in [0, 0.1) is 0 Å². The molecule has 1 amide bonds. The molecule has 3 N–H and O–H groups in total. The highest BCUT2D eigenvalue weighted by molar-refractivity contribution is 6.34. The van der Waals surface area contributed by atoms with Gasteiger partial charge in [0.2, 0.25) is 5.95 Å². The SMILES string of the molecule is O=C(Nc1cc(O)ccc1Cl)c1cnc(Nc2ccc(OCCN3CCCC3)cc2)nc1C(F)(F)F. The van der Waals surface area contributed by atoms with E-state index in [2.05, 4.69) is 25.5 Å². The lowest BCUT2D eigenvalue weighted by Gasteiger charge is -2.15. The number of halogens is 4. The summed E-state index contributed by atoms with van der Waals surface area (Å²) in [6, 6.07) is 10.3. The van der Waals surface area contributed by atoms with Crippen molar-refractivity contribution in [2.45, 2.75) is 19.0 Å². The van der Waals surface area contributed by atoms with Crippen LogP contribution < -0.4 is 15.4 Å². The number of nitrogens with zero attached hydrogens (tertiary/aromatic N) is 3. The van der Waals surface area contributed by atoms with Gasteiger partial charge >= 0.3 is 6.18 Å². The van der Waals surface area contributed by atoms with Crippen LogP contribution in [0.5, 0.6) is 11.5 Å². The smallest absolute Gasteiger partial charge is 0.434 e. The highest BCUT2D eigenvalue weighted by atomic mass is 35.5. The second-order valence-corrected chi connectivity index (χ2v) is 8.53. The van der Waals surface area contributed by atoms with Crippen molar-refractivity contribution in [2.75, 3.05) is 36.9 Å². The van der Waals surface area contributed by atoms with E-state index in [1.54, 1.807) is 24.3 Å². The quantitative estimate of drug-likeness (QED) is 0.368. The number of amides is 1. The topological polar surface area (TPSA) is 99.6 Å². The van der Waals surface area contributed by atoms with Crippen molar-refractivity contribution in [3.63, 3.8) is 0 Å². The molecule has 0 bridgehead atoms. The van der Waals surface area contributed by atoms with Crippen molar-refractivity contribution in [3.05, 3.63) is 64.9 Å². The Morgan fingerprint density at radius 3 is 2.56 bits per heavy atom. The zero-order valence-corrected chi connectivity index (χ0v) is 19.7. The standard InChI is InChI=1S/C24H23ClF3N5O3/c25-19-8-5-16(34)13-20(19)31-22(35)18-14-29-23(32-21(18)24(26,27)28)30-15-3-6-17(7-4-15)36-12-11-33-9-1-2-10-33/h3-8,13-14,34H,1-2,9-12H2,(H,31,35)(H,29,30,32). The van der Waals surface area contributed by atoms with E-state index in [4.69, 9.17) is 16.3 Å². The van der Waals surface area contributed by atoms with Crippen molar-refractivity contribution in [3.8, 4) is 11.5 Å². The zero-order chi connectivity index (χ0) is 25.7. The number of aromatic nitrogens is 2. The van der Waals surface area contributed by atoms with Crippen LogP contribution in [-0.4, -0.2) is 52.1 Å². The first-order chi connectivity index (χ1) is 17.2. The van der Waals surface area contributed by atoms with Crippen LogP contribution in [0.4, 0.5) is 30.5 Å². The number of nitrogens with one attached hydrogen (secondary N) is 2. The van der Waals surface area contributed by atoms with Crippen LogP contribution in [0.25, 0.3) is 0 Å². The third kappa shape index (κ3) is 6.55. The lowest BCUT2D eigenvalue weighted by molar-refractivity contribution is -0.141. The molecule has 0 aliphatic carbocycles. The average molecular weight is 522 g/mol. The van der Waals surface area contributed by atoms with Crippen molar-refractivity contribution < 1.29 is 27.8 Å². The number of phenols is 1. The summed E-state index contributed by atoms with van der Waals surface area (Å²) in [5.41, 5.74) is -1.83. The minimum atomic E-state index is -4.93. The fourth-order valence-corrected chi connectivity index (χ4v) is 3.85. The molecule has 0 atom stereocenters. The van der Waals surface area contributed by atoms with E-state index in [-0.39, 0.29) is 22.4 Å². The largest absolute Gasteiger partial charge is 0.508 e. The number of benzene rings is 2. The molecule has 4 rings (SSSR count). The van der Waals surface area contributed by atoms with E-state index in [9.17, 15) is 23.1 Å². The number of carbonyl (C=O) groups is 1. The van der Waals surface area contributed by atoms with Gasteiger partial charge in [-0.3, -0.25) is 9.69 Å². The number of anilines is 3. The van der Waals surface area contributed by atoms with Crippen molar-refractivity contribution in [2.24, 2.45) is 0 Å². The molecule has 36 heavy (non-hydrogen) atoms. The summed E-state index contributed by atoms with van der Waals surface area (Å²) in [7, 11) is 0. The molecule has 8 nitrogen and oxygen atoms in total. The average Bonchev–Trinajstić information content (AvgIpc) is 3.35. The number of rotatable bonds is 8. The second kappa shape index (κ2) is 11.0. The lowest BCUT2D eigenvalue weighted by Crippen LogP contribution is -2.25. The van der Waals surface area contributed by atoms with Crippen LogP contribution in [0.3, 0.4) is 0 Å². The van der Waals surface area contributed by atoms with Crippen LogP contribution in [0.2, 0.25) is 5.02 Å². The van der Waals surface area contributed by atoms with E-state index in [1.165, 1.54) is 25.0 Å². The van der Waals surface area contributed by atoms with Crippen molar-refractivity contribution in [1.82, 2.24) is 14.9 Å². The first kappa shape index (κ1) is 25.5. The molecule has 0 unspecified atom stereocenters. The molecular formula is C24H23ClF3N5O3. The van der Waals surface area contributed by atoms with Crippen LogP contribution >= 0.6 is 11.6 Å². The Morgan fingerprint density at radius 2 is 1.86 bits per heavy atom. The van der Waals surface area contributed by atoms with Crippen molar-refractivity contribution in [1.29, 1.82) is 0 Å². The van der Waals surface area contributed by atoms with Gasteiger partial charge in [-0.05, 0) is 62.3 Å². The molecule has 1 fully saturated rings. The molecule has 3 aromatic rings. The van der Waals surface area contributed by atoms with Crippen LogP contribution in [0.1, 0.15) is 28.9 Å². The third-order valence-electron chi connectivity index (χ3n) is 5.49. The fraction of sp³-hybridized carbons (Fsp3) is 0.292. The Labute approximate surface area is 210 Å². The van der Waals surface area contributed by atoms with Gasteiger partial charge in [0.25, 0.3) is 5.91 Å². The van der Waals surface area contributed by atoms with Crippen LogP contribution in [-0.2, 0) is 6.18 Å². The normalized spacial score (nSPS) is 14.0. The second-order valence-electron chi connectivity index (χ2n) is 8.12. The number of alkyl halides is 3. The van der Waals surface area contributed by atoms with Gasteiger partial charge in [0, 0.05) is 24.5 Å². The highest BCUT2D eigenvalue weighted by Gasteiger charge is 2.38. The van der Waals surface area contributed by atoms with Gasteiger partial charge in [-0.25, -0.2) is 9.97 Å². The number of hydrogen-bond donors (Lipinski definition) is 3. The molecule has 2 aromatic carbocycles. The minimum Gasteiger partial charge on any atom is -0.508 e. The van der Waals surface area contributed by atoms with Gasteiger partial charge in [0.05, 0.1) is 16.3 Å². The lowest BCUT2D eigenvalue weighted by atomic mass is 10.2. The molecular weight excluding hydrogens is 499 g/mol. The van der Waals surface area contributed by atoms with E-state index >= 15 is 0 Å². The summed E-state index contributed by atoms with van der Waals surface area (Å²) >= 11 is 5.94. The first-order valence-corrected chi connectivity index (χ1v) is 11.5. The molecule has 12 heteroatoms. The summed E-state index contributed by atoms with van der Waals surface area (Å²) in [5, 5.41) is 14.5. The molecule has 0 saturated carbocycles. The minimum absolute atomic E-state index is 0.0392. The number of phenolic OH excluding ortho intramolecular Hbond substituents is 1. The monoisotopic (exact) mass is 521 g/mol. The predicted octanol–water partition coefficient (Wildman–Crippen LogP) is 5.32. The maximum absolute atomic E-state index is 13.7. The summed E-state index contributed by atoms with van der Waals surface area (Å²) in [4.78, 5) is 22.3. The number of ether oxygens (including phenoxy) is 1. The Morgan fingerprint density at radius 1 is 1.14 bits per heavy atom. The Balaban J connectivity index is 1.44. The van der Waals surface area contributed by atoms with Gasteiger partial charge < -0.3 is 20.5 Å². The van der Waals surface area contributed by atoms with Crippen LogP contribution in [0.15, 0.2) is 48.7 Å². The van der Waals surface area contributed by atoms with E-state index in [0.717, 1.165) is 31.9 Å².